The van der Waals surface area contributed by atoms with Crippen molar-refractivity contribution in [3.8, 4) is 0 Å². The molecule has 2 rings (SSSR count). The number of H-pyrrole nitrogens is 1. The van der Waals surface area contributed by atoms with Crippen molar-refractivity contribution in [3.63, 3.8) is 0 Å². The van der Waals surface area contributed by atoms with Crippen LogP contribution < -0.4 is 0 Å². The summed E-state index contributed by atoms with van der Waals surface area (Å²) in [6, 6.07) is 1.76. The minimum absolute atomic E-state index is 0.108. The number of hydrogen-bond donors (Lipinski definition) is 2. The van der Waals surface area contributed by atoms with Crippen molar-refractivity contribution in [1.82, 2.24) is 15.1 Å². The van der Waals surface area contributed by atoms with Gasteiger partial charge in [-0.05, 0) is 25.8 Å². The van der Waals surface area contributed by atoms with Crippen molar-refractivity contribution in [3.05, 3.63) is 17.5 Å². The molecule has 0 spiro atoms. The second-order valence-electron chi connectivity index (χ2n) is 7.11. The Morgan fingerprint density at radius 1 is 1.43 bits per heavy atom. The van der Waals surface area contributed by atoms with Crippen molar-refractivity contribution in [1.29, 1.82) is 0 Å². The summed E-state index contributed by atoms with van der Waals surface area (Å²) in [5, 5.41) is 16.3. The predicted octanol–water partition coefficient (Wildman–Crippen LogP) is 2.03. The Labute approximate surface area is 124 Å². The number of nitrogens with zero attached hydrogens (tertiary/aromatic N) is 2. The number of likely N-dealkylation sites (tertiary alicyclic amines) is 1. The lowest BCUT2D eigenvalue weighted by molar-refractivity contribution is -0.150. The number of aliphatic carboxylic acids is 1. The van der Waals surface area contributed by atoms with Crippen molar-refractivity contribution in [2.75, 3.05) is 13.1 Å². The van der Waals surface area contributed by atoms with E-state index < -0.39 is 11.4 Å². The van der Waals surface area contributed by atoms with Gasteiger partial charge in [0.2, 0.25) is 0 Å². The van der Waals surface area contributed by atoms with E-state index in [1.807, 2.05) is 20.8 Å². The van der Waals surface area contributed by atoms with Gasteiger partial charge in [0, 0.05) is 24.2 Å². The van der Waals surface area contributed by atoms with Gasteiger partial charge >= 0.3 is 5.97 Å². The highest BCUT2D eigenvalue weighted by molar-refractivity contribution is 5.93. The highest BCUT2D eigenvalue weighted by Crippen LogP contribution is 2.30. The van der Waals surface area contributed by atoms with Gasteiger partial charge < -0.3 is 10.0 Å². The lowest BCUT2D eigenvalue weighted by atomic mass is 9.82. The quantitative estimate of drug-likeness (QED) is 0.873. The number of carbonyl (C=O) groups excluding carboxylic acids is 1. The fourth-order valence-electron chi connectivity index (χ4n) is 2.56. The summed E-state index contributed by atoms with van der Waals surface area (Å²) in [5.41, 5.74) is 0.276. The first-order valence-electron chi connectivity index (χ1n) is 7.22. The van der Waals surface area contributed by atoms with Crippen LogP contribution in [-0.2, 0) is 10.2 Å². The standard InChI is InChI=1S/C15H23N3O3/c1-14(2,3)11-8-10(16-17-11)12(19)18-7-5-6-15(4,9-18)13(20)21/h8H,5-7,9H2,1-4H3,(H,16,17)(H,20,21). The third kappa shape index (κ3) is 3.09. The number of carboxylic acid groups (broad SMARTS) is 1. The van der Waals surface area contributed by atoms with Crippen LogP contribution in [0.4, 0.5) is 0 Å². The average Bonchev–Trinajstić information content (AvgIpc) is 2.87. The lowest BCUT2D eigenvalue weighted by Crippen LogP contribution is -2.48. The molecule has 6 nitrogen and oxygen atoms in total. The summed E-state index contributed by atoms with van der Waals surface area (Å²) >= 11 is 0. The summed E-state index contributed by atoms with van der Waals surface area (Å²) in [7, 11) is 0. The fraction of sp³-hybridized carbons (Fsp3) is 0.667. The lowest BCUT2D eigenvalue weighted by Gasteiger charge is -2.37. The molecule has 1 saturated heterocycles. The van der Waals surface area contributed by atoms with Gasteiger partial charge in [0.05, 0.1) is 5.41 Å². The Balaban J connectivity index is 2.17. The van der Waals surface area contributed by atoms with E-state index in [-0.39, 0.29) is 17.9 Å². The SMILES string of the molecule is CC1(C(=O)O)CCCN(C(=O)c2cc(C(C)(C)C)[nH]n2)C1. The number of carboxylic acids is 1. The minimum atomic E-state index is -0.864. The topological polar surface area (TPSA) is 86.3 Å². The van der Waals surface area contributed by atoms with Gasteiger partial charge in [0.15, 0.2) is 0 Å². The first-order valence-corrected chi connectivity index (χ1v) is 7.22. The van der Waals surface area contributed by atoms with Crippen molar-refractivity contribution < 1.29 is 14.7 Å². The molecular formula is C15H23N3O3. The molecule has 1 aliphatic heterocycles. The summed E-state index contributed by atoms with van der Waals surface area (Å²) in [5.74, 6) is -1.05. The summed E-state index contributed by atoms with van der Waals surface area (Å²) < 4.78 is 0. The molecule has 1 amide bonds. The van der Waals surface area contributed by atoms with Gasteiger partial charge in [-0.2, -0.15) is 5.10 Å². The predicted molar refractivity (Wildman–Crippen MR) is 78.2 cm³/mol. The van der Waals surface area contributed by atoms with Crippen LogP contribution in [0.3, 0.4) is 0 Å². The number of amides is 1. The van der Waals surface area contributed by atoms with Crippen molar-refractivity contribution in [2.24, 2.45) is 5.41 Å². The molecule has 0 bridgehead atoms. The Morgan fingerprint density at radius 2 is 2.10 bits per heavy atom. The molecule has 2 heterocycles. The second kappa shape index (κ2) is 5.16. The van der Waals surface area contributed by atoms with E-state index >= 15 is 0 Å². The molecule has 0 saturated carbocycles. The zero-order valence-corrected chi connectivity index (χ0v) is 13.1. The number of aromatic amines is 1. The molecule has 1 aliphatic rings. The average molecular weight is 293 g/mol. The molecule has 6 heteroatoms. The van der Waals surface area contributed by atoms with Gasteiger partial charge in [0.25, 0.3) is 5.91 Å². The first-order chi connectivity index (χ1) is 9.63. The zero-order valence-electron chi connectivity index (χ0n) is 13.1. The smallest absolute Gasteiger partial charge is 0.311 e. The number of rotatable bonds is 2. The first kappa shape index (κ1) is 15.5. The van der Waals surface area contributed by atoms with Crippen LogP contribution in [0.1, 0.15) is 56.7 Å². The number of aromatic nitrogens is 2. The Hall–Kier alpha value is -1.85. The van der Waals surface area contributed by atoms with Crippen LogP contribution in [-0.4, -0.2) is 45.2 Å². The maximum atomic E-state index is 12.5. The van der Waals surface area contributed by atoms with E-state index in [4.69, 9.17) is 0 Å². The maximum Gasteiger partial charge on any atom is 0.311 e. The van der Waals surface area contributed by atoms with Gasteiger partial charge in [-0.1, -0.05) is 20.8 Å². The highest BCUT2D eigenvalue weighted by atomic mass is 16.4. The van der Waals surface area contributed by atoms with Crippen molar-refractivity contribution in [2.45, 2.75) is 46.0 Å². The molecule has 0 aliphatic carbocycles. The van der Waals surface area contributed by atoms with Gasteiger partial charge in [-0.3, -0.25) is 14.7 Å². The van der Waals surface area contributed by atoms with Crippen LogP contribution >= 0.6 is 0 Å². The van der Waals surface area contributed by atoms with E-state index in [2.05, 4.69) is 10.2 Å². The van der Waals surface area contributed by atoms with Crippen molar-refractivity contribution >= 4 is 11.9 Å². The molecule has 1 fully saturated rings. The van der Waals surface area contributed by atoms with Gasteiger partial charge in [0.1, 0.15) is 5.69 Å². The molecule has 0 radical (unpaired) electrons. The molecule has 1 atom stereocenters. The van der Waals surface area contributed by atoms with Crippen LogP contribution in [0.25, 0.3) is 0 Å². The fourth-order valence-corrected chi connectivity index (χ4v) is 2.56. The molecular weight excluding hydrogens is 270 g/mol. The normalized spacial score (nSPS) is 23.1. The van der Waals surface area contributed by atoms with Crippen LogP contribution in [0.15, 0.2) is 6.07 Å². The molecule has 1 aromatic rings. The van der Waals surface area contributed by atoms with Gasteiger partial charge in [-0.15, -0.1) is 0 Å². The largest absolute Gasteiger partial charge is 0.481 e. The number of hydrogen-bond acceptors (Lipinski definition) is 3. The van der Waals surface area contributed by atoms with Crippen LogP contribution in [0, 0.1) is 5.41 Å². The third-order valence-corrected chi connectivity index (χ3v) is 4.10. The zero-order chi connectivity index (χ0) is 15.8. The molecule has 2 N–H and O–H groups in total. The van der Waals surface area contributed by atoms with E-state index in [1.165, 1.54) is 0 Å². The molecule has 1 unspecified atom stereocenters. The van der Waals surface area contributed by atoms with Gasteiger partial charge in [-0.25, -0.2) is 0 Å². The molecule has 1 aromatic heterocycles. The van der Waals surface area contributed by atoms with Crippen LogP contribution in [0.5, 0.6) is 0 Å². The van der Waals surface area contributed by atoms with E-state index in [1.54, 1.807) is 17.9 Å². The molecule has 21 heavy (non-hydrogen) atoms. The molecule has 0 aromatic carbocycles. The number of nitrogens with one attached hydrogen (secondary N) is 1. The Morgan fingerprint density at radius 3 is 2.62 bits per heavy atom. The van der Waals surface area contributed by atoms with E-state index in [0.29, 0.717) is 25.1 Å². The number of piperidine rings is 1. The van der Waals surface area contributed by atoms with E-state index in [0.717, 1.165) is 5.69 Å². The highest BCUT2D eigenvalue weighted by Gasteiger charge is 2.40. The number of carbonyl (C=O) groups is 2. The summed E-state index contributed by atoms with van der Waals surface area (Å²) in [4.78, 5) is 25.5. The third-order valence-electron chi connectivity index (χ3n) is 4.10. The second-order valence-corrected chi connectivity index (χ2v) is 7.11. The summed E-state index contributed by atoms with van der Waals surface area (Å²) in [6.45, 7) is 8.63. The Bertz CT molecular complexity index is 559. The minimum Gasteiger partial charge on any atom is -0.481 e. The molecule has 116 valence electrons. The van der Waals surface area contributed by atoms with Crippen LogP contribution in [0.2, 0.25) is 0 Å². The monoisotopic (exact) mass is 293 g/mol. The maximum absolute atomic E-state index is 12.5. The Kier molecular flexibility index (Phi) is 3.82. The van der Waals surface area contributed by atoms with E-state index in [9.17, 15) is 14.7 Å². The summed E-state index contributed by atoms with van der Waals surface area (Å²) in [6.07, 6.45) is 1.30.